The monoisotopic (exact) mass is 288 g/mol. The Morgan fingerprint density at radius 1 is 1.61 bits per heavy atom. The number of carbonyl (C=O) groups is 1. The minimum absolute atomic E-state index is 0.0120. The zero-order chi connectivity index (χ0) is 13.7. The van der Waals surface area contributed by atoms with Gasteiger partial charge >= 0.3 is 0 Å². The van der Waals surface area contributed by atoms with E-state index in [0.717, 1.165) is 0 Å². The molecular weight excluding hydrogens is 272 g/mol. The summed E-state index contributed by atoms with van der Waals surface area (Å²) in [5, 5.41) is 3.97. The van der Waals surface area contributed by atoms with Crippen LogP contribution >= 0.6 is 23.4 Å². The second kappa shape index (κ2) is 6.80. The van der Waals surface area contributed by atoms with Crippen molar-refractivity contribution in [3.05, 3.63) is 11.2 Å². The Hall–Kier alpha value is -1.01. The molecule has 0 aliphatic rings. The number of thioether (sulfide) groups is 1. The van der Waals surface area contributed by atoms with Gasteiger partial charge in [-0.15, -0.1) is 0 Å². The molecule has 1 heterocycles. The third-order valence-corrected chi connectivity index (χ3v) is 3.18. The van der Waals surface area contributed by atoms with Gasteiger partial charge in [0.05, 0.1) is 0 Å². The van der Waals surface area contributed by atoms with E-state index >= 15 is 0 Å². The first-order chi connectivity index (χ1) is 8.47. The lowest BCUT2D eigenvalue weighted by atomic mass is 10.3. The van der Waals surface area contributed by atoms with Gasteiger partial charge in [0.25, 0.3) is 0 Å². The smallest absolute Gasteiger partial charge is 0.244 e. The second-order valence-electron chi connectivity index (χ2n) is 3.78. The number of rotatable bonds is 5. The molecular formula is C11H17ClN4OS. The number of nitrogens with one attached hydrogen (secondary N) is 1. The van der Waals surface area contributed by atoms with Gasteiger partial charge in [0.15, 0.2) is 5.16 Å². The fourth-order valence-electron chi connectivity index (χ4n) is 1.33. The largest absolute Gasteiger partial charge is 0.358 e. The van der Waals surface area contributed by atoms with Gasteiger partial charge in [-0.1, -0.05) is 23.4 Å². The van der Waals surface area contributed by atoms with Crippen molar-refractivity contribution >= 4 is 35.1 Å². The van der Waals surface area contributed by atoms with E-state index in [1.54, 1.807) is 24.9 Å². The maximum Gasteiger partial charge on any atom is 0.244 e. The molecule has 0 bridgehead atoms. The van der Waals surface area contributed by atoms with E-state index in [-0.39, 0.29) is 11.9 Å². The molecule has 1 rings (SSSR count). The van der Waals surface area contributed by atoms with Crippen molar-refractivity contribution in [2.24, 2.45) is 0 Å². The molecule has 1 amide bonds. The van der Waals surface area contributed by atoms with Crippen LogP contribution in [0, 0.1) is 0 Å². The lowest BCUT2D eigenvalue weighted by molar-refractivity contribution is -0.130. The second-order valence-corrected chi connectivity index (χ2v) is 4.94. The predicted octanol–water partition coefficient (Wildman–Crippen LogP) is 2.13. The van der Waals surface area contributed by atoms with Crippen molar-refractivity contribution in [1.82, 2.24) is 14.9 Å². The van der Waals surface area contributed by atoms with Crippen molar-refractivity contribution in [2.75, 3.05) is 25.2 Å². The minimum Gasteiger partial charge on any atom is -0.358 e. The van der Waals surface area contributed by atoms with E-state index in [0.29, 0.717) is 22.7 Å². The molecule has 1 unspecified atom stereocenters. The quantitative estimate of drug-likeness (QED) is 0.511. The van der Waals surface area contributed by atoms with Crippen molar-refractivity contribution in [2.45, 2.75) is 25.0 Å². The van der Waals surface area contributed by atoms with E-state index in [4.69, 9.17) is 11.6 Å². The molecule has 1 aromatic rings. The molecule has 0 fully saturated rings. The van der Waals surface area contributed by atoms with Crippen LogP contribution in [0.25, 0.3) is 0 Å². The Bertz CT molecular complexity index is 430. The molecule has 0 aliphatic carbocycles. The van der Waals surface area contributed by atoms with Crippen LogP contribution in [0.1, 0.15) is 13.8 Å². The van der Waals surface area contributed by atoms with Crippen molar-refractivity contribution in [3.8, 4) is 0 Å². The Labute approximate surface area is 116 Å². The van der Waals surface area contributed by atoms with Crippen LogP contribution < -0.4 is 5.32 Å². The number of carbonyl (C=O) groups excluding carboxylic acids is 1. The van der Waals surface area contributed by atoms with Gasteiger partial charge < -0.3 is 10.2 Å². The highest BCUT2D eigenvalue weighted by Gasteiger charge is 2.17. The van der Waals surface area contributed by atoms with Crippen LogP contribution in [0.3, 0.4) is 0 Å². The van der Waals surface area contributed by atoms with Gasteiger partial charge in [-0.05, 0) is 20.1 Å². The molecule has 100 valence electrons. The first kappa shape index (κ1) is 15.0. The van der Waals surface area contributed by atoms with E-state index in [1.807, 2.05) is 13.2 Å². The van der Waals surface area contributed by atoms with E-state index in [2.05, 4.69) is 15.3 Å². The number of hydrogen-bond acceptors (Lipinski definition) is 5. The highest BCUT2D eigenvalue weighted by molar-refractivity contribution is 7.98. The molecule has 1 N–H and O–H groups in total. The zero-order valence-corrected chi connectivity index (χ0v) is 12.5. The average Bonchev–Trinajstić information content (AvgIpc) is 2.35. The highest BCUT2D eigenvalue weighted by Crippen LogP contribution is 2.17. The van der Waals surface area contributed by atoms with Gasteiger partial charge in [0.2, 0.25) is 5.91 Å². The fourth-order valence-corrected chi connectivity index (χ4v) is 1.94. The normalized spacial score (nSPS) is 12.1. The molecule has 0 aromatic carbocycles. The summed E-state index contributed by atoms with van der Waals surface area (Å²) in [4.78, 5) is 21.8. The summed E-state index contributed by atoms with van der Waals surface area (Å²) >= 11 is 7.28. The average molecular weight is 289 g/mol. The van der Waals surface area contributed by atoms with Crippen LogP contribution in [0.15, 0.2) is 11.2 Å². The summed E-state index contributed by atoms with van der Waals surface area (Å²) in [6.07, 6.45) is 1.87. The van der Waals surface area contributed by atoms with Crippen LogP contribution in [-0.4, -0.2) is 46.7 Å². The highest BCUT2D eigenvalue weighted by atomic mass is 35.5. The number of anilines is 1. The third kappa shape index (κ3) is 4.03. The summed E-state index contributed by atoms with van der Waals surface area (Å²) in [6, 6.07) is 1.26. The zero-order valence-electron chi connectivity index (χ0n) is 10.9. The number of nitrogens with zero attached hydrogens (tertiary/aromatic N) is 3. The fraction of sp³-hybridized carbons (Fsp3) is 0.545. The van der Waals surface area contributed by atoms with Crippen LogP contribution in [0.2, 0.25) is 5.15 Å². The van der Waals surface area contributed by atoms with Gasteiger partial charge in [-0.2, -0.15) is 0 Å². The Morgan fingerprint density at radius 2 is 2.28 bits per heavy atom. The molecule has 0 saturated carbocycles. The SMILES string of the molecule is CCN(C)C(=O)C(C)Nc1cc(Cl)nc(SC)n1. The molecule has 0 aliphatic heterocycles. The molecule has 7 heteroatoms. The maximum atomic E-state index is 11.9. The number of hydrogen-bond donors (Lipinski definition) is 1. The Kier molecular flexibility index (Phi) is 5.68. The van der Waals surface area contributed by atoms with E-state index in [1.165, 1.54) is 11.8 Å². The lowest BCUT2D eigenvalue weighted by Crippen LogP contribution is -2.39. The number of likely N-dealkylation sites (N-methyl/N-ethyl adjacent to an activating group) is 1. The molecule has 0 radical (unpaired) electrons. The van der Waals surface area contributed by atoms with Crippen molar-refractivity contribution in [1.29, 1.82) is 0 Å². The van der Waals surface area contributed by atoms with Crippen LogP contribution in [0.4, 0.5) is 5.82 Å². The molecule has 1 atom stereocenters. The summed E-state index contributed by atoms with van der Waals surface area (Å²) in [6.45, 7) is 4.40. The van der Waals surface area contributed by atoms with Gasteiger partial charge in [0.1, 0.15) is 17.0 Å². The van der Waals surface area contributed by atoms with Gasteiger partial charge in [-0.25, -0.2) is 9.97 Å². The topological polar surface area (TPSA) is 58.1 Å². The van der Waals surface area contributed by atoms with Crippen LogP contribution in [0.5, 0.6) is 0 Å². The lowest BCUT2D eigenvalue weighted by Gasteiger charge is -2.21. The molecule has 0 saturated heterocycles. The Balaban J connectivity index is 2.78. The van der Waals surface area contributed by atoms with Crippen molar-refractivity contribution in [3.63, 3.8) is 0 Å². The maximum absolute atomic E-state index is 11.9. The minimum atomic E-state index is -0.351. The Morgan fingerprint density at radius 3 is 2.83 bits per heavy atom. The van der Waals surface area contributed by atoms with Crippen LogP contribution in [-0.2, 0) is 4.79 Å². The molecule has 18 heavy (non-hydrogen) atoms. The summed E-state index contributed by atoms with van der Waals surface area (Å²) < 4.78 is 0. The van der Waals surface area contributed by atoms with Gasteiger partial charge in [-0.3, -0.25) is 4.79 Å². The third-order valence-electron chi connectivity index (χ3n) is 2.44. The molecule has 5 nitrogen and oxygen atoms in total. The molecule has 0 spiro atoms. The first-order valence-electron chi connectivity index (χ1n) is 5.58. The summed E-state index contributed by atoms with van der Waals surface area (Å²) in [5.41, 5.74) is 0. The summed E-state index contributed by atoms with van der Waals surface area (Å²) in [5.74, 6) is 0.572. The van der Waals surface area contributed by atoms with E-state index < -0.39 is 0 Å². The number of aromatic nitrogens is 2. The molecule has 1 aromatic heterocycles. The predicted molar refractivity (Wildman–Crippen MR) is 75.2 cm³/mol. The van der Waals surface area contributed by atoms with Crippen molar-refractivity contribution < 1.29 is 4.79 Å². The summed E-state index contributed by atoms with van der Waals surface area (Å²) in [7, 11) is 1.76. The first-order valence-corrected chi connectivity index (χ1v) is 7.18. The number of halogens is 1. The van der Waals surface area contributed by atoms with E-state index in [9.17, 15) is 4.79 Å². The standard InChI is InChI=1S/C11H17ClN4OS/c1-5-16(3)10(17)7(2)13-9-6-8(12)14-11(15-9)18-4/h6-7H,5H2,1-4H3,(H,13,14,15). The van der Waals surface area contributed by atoms with Gasteiger partial charge in [0, 0.05) is 19.7 Å². The number of amides is 1.